The van der Waals surface area contributed by atoms with Gasteiger partial charge < -0.3 is 20.3 Å². The molecule has 1 aromatic carbocycles. The fourth-order valence-corrected chi connectivity index (χ4v) is 2.42. The van der Waals surface area contributed by atoms with Gasteiger partial charge >= 0.3 is 17.9 Å². The normalized spacial score (nSPS) is 10.6. The van der Waals surface area contributed by atoms with Crippen LogP contribution in [0.25, 0.3) is 0 Å². The second kappa shape index (κ2) is 7.54. The molecule has 0 spiro atoms. The number of carboxylic acid groups (broad SMARTS) is 1. The van der Waals surface area contributed by atoms with Crippen molar-refractivity contribution in [3.05, 3.63) is 34.1 Å². The van der Waals surface area contributed by atoms with Crippen molar-refractivity contribution < 1.29 is 24.5 Å². The van der Waals surface area contributed by atoms with Crippen molar-refractivity contribution in [2.24, 2.45) is 0 Å². The smallest absolute Gasteiger partial charge is 0.394 e. The average Bonchev–Trinajstić information content (AvgIpc) is 2.52. The van der Waals surface area contributed by atoms with Crippen LogP contribution in [0.1, 0.15) is 25.5 Å². The zero-order chi connectivity index (χ0) is 18.7. The predicted octanol–water partition coefficient (Wildman–Crippen LogP) is 3.43. The van der Waals surface area contributed by atoms with Crippen molar-refractivity contribution in [1.82, 2.24) is 9.97 Å². The number of halogens is 2. The summed E-state index contributed by atoms with van der Waals surface area (Å²) < 4.78 is 5.47. The summed E-state index contributed by atoms with van der Waals surface area (Å²) in [6.45, 7) is 3.68. The Morgan fingerprint density at radius 3 is 2.36 bits per heavy atom. The highest BCUT2D eigenvalue weighted by atomic mass is 35.5. The molecule has 0 saturated heterocycles. The van der Waals surface area contributed by atoms with Crippen LogP contribution in [0.4, 0.5) is 5.69 Å². The number of aromatic nitrogens is 2. The molecule has 0 bridgehead atoms. The largest absolute Gasteiger partial charge is 0.504 e. The number of aliphatic carboxylic acids is 1. The molecular weight excluding hydrogens is 373 g/mol. The number of carboxylic acids is 1. The Morgan fingerprint density at radius 2 is 1.84 bits per heavy atom. The van der Waals surface area contributed by atoms with Gasteiger partial charge in [-0.1, -0.05) is 37.0 Å². The van der Waals surface area contributed by atoms with E-state index in [1.807, 2.05) is 13.8 Å². The molecule has 0 radical (unpaired) electrons. The average molecular weight is 386 g/mol. The molecule has 1 heterocycles. The van der Waals surface area contributed by atoms with Gasteiger partial charge in [0.2, 0.25) is 0 Å². The molecule has 0 unspecified atom stereocenters. The number of anilines is 1. The van der Waals surface area contributed by atoms with Crippen molar-refractivity contribution in [3.63, 3.8) is 0 Å². The first-order valence-electron chi connectivity index (χ1n) is 6.96. The lowest BCUT2D eigenvalue weighted by molar-refractivity contribution is -0.147. The Morgan fingerprint density at radius 1 is 1.24 bits per heavy atom. The van der Waals surface area contributed by atoms with Crippen molar-refractivity contribution in [1.29, 1.82) is 0 Å². The minimum atomic E-state index is -1.65. The standard InChI is InChI=1S/C15H13Cl2N3O5/c1-6(2)11-10(21)5-18-15(20-11)25-12-8(16)3-7(4-9(12)17)19-13(22)14(23)24/h3-6,21H,1-2H3,(H,19,22)(H,23,24). The highest BCUT2D eigenvalue weighted by Crippen LogP contribution is 2.38. The van der Waals surface area contributed by atoms with E-state index in [4.69, 9.17) is 33.0 Å². The van der Waals surface area contributed by atoms with Gasteiger partial charge in [0.25, 0.3) is 0 Å². The first-order chi connectivity index (χ1) is 11.7. The molecule has 132 valence electrons. The third-order valence-corrected chi connectivity index (χ3v) is 3.53. The van der Waals surface area contributed by atoms with Gasteiger partial charge in [-0.3, -0.25) is 4.79 Å². The number of aromatic hydroxyl groups is 1. The Kier molecular flexibility index (Phi) is 5.66. The first-order valence-corrected chi connectivity index (χ1v) is 7.71. The summed E-state index contributed by atoms with van der Waals surface area (Å²) in [6, 6.07) is 2.47. The van der Waals surface area contributed by atoms with Crippen LogP contribution < -0.4 is 10.1 Å². The topological polar surface area (TPSA) is 122 Å². The predicted molar refractivity (Wildman–Crippen MR) is 90.6 cm³/mol. The van der Waals surface area contributed by atoms with Crippen LogP contribution in [0.3, 0.4) is 0 Å². The molecule has 0 aliphatic rings. The van der Waals surface area contributed by atoms with E-state index >= 15 is 0 Å². The monoisotopic (exact) mass is 385 g/mol. The van der Waals surface area contributed by atoms with E-state index < -0.39 is 11.9 Å². The maximum absolute atomic E-state index is 11.2. The molecule has 0 aliphatic heterocycles. The molecule has 0 atom stereocenters. The number of nitrogens with one attached hydrogen (secondary N) is 1. The van der Waals surface area contributed by atoms with Gasteiger partial charge in [0.15, 0.2) is 11.5 Å². The summed E-state index contributed by atoms with van der Waals surface area (Å²) >= 11 is 12.1. The molecule has 8 nitrogen and oxygen atoms in total. The summed E-state index contributed by atoms with van der Waals surface area (Å²) in [5, 5.41) is 20.4. The molecule has 2 rings (SSSR count). The minimum Gasteiger partial charge on any atom is -0.504 e. The second-order valence-corrected chi connectivity index (χ2v) is 6.02. The third-order valence-electron chi connectivity index (χ3n) is 2.97. The van der Waals surface area contributed by atoms with E-state index in [1.54, 1.807) is 0 Å². The second-order valence-electron chi connectivity index (χ2n) is 5.21. The zero-order valence-corrected chi connectivity index (χ0v) is 14.6. The van der Waals surface area contributed by atoms with Crippen molar-refractivity contribution in [2.75, 3.05) is 5.32 Å². The summed E-state index contributed by atoms with van der Waals surface area (Å²) in [7, 11) is 0. The number of ether oxygens (including phenoxy) is 1. The number of nitrogens with zero attached hydrogens (tertiary/aromatic N) is 2. The van der Waals surface area contributed by atoms with Crippen LogP contribution in [0.15, 0.2) is 18.3 Å². The number of carbonyl (C=O) groups is 2. The number of hydrogen-bond donors (Lipinski definition) is 3. The van der Waals surface area contributed by atoms with Crippen LogP contribution >= 0.6 is 23.2 Å². The number of rotatable bonds is 4. The summed E-state index contributed by atoms with van der Waals surface area (Å²) in [6.07, 6.45) is 1.20. The van der Waals surface area contributed by atoms with Gasteiger partial charge in [-0.15, -0.1) is 0 Å². The fourth-order valence-electron chi connectivity index (χ4n) is 1.85. The number of carbonyl (C=O) groups excluding carboxylic acids is 1. The maximum Gasteiger partial charge on any atom is 0.394 e. The summed E-state index contributed by atoms with van der Waals surface area (Å²) in [5.74, 6) is -2.98. The van der Waals surface area contributed by atoms with E-state index in [1.165, 1.54) is 18.3 Å². The minimum absolute atomic E-state index is 0.0101. The molecule has 10 heteroatoms. The third kappa shape index (κ3) is 4.49. The van der Waals surface area contributed by atoms with Gasteiger partial charge in [0, 0.05) is 5.69 Å². The molecule has 3 N–H and O–H groups in total. The molecule has 0 fully saturated rings. The first kappa shape index (κ1) is 18.8. The summed E-state index contributed by atoms with van der Waals surface area (Å²) in [5.41, 5.74) is 0.479. The number of hydrogen-bond acceptors (Lipinski definition) is 6. The Balaban J connectivity index is 2.30. The molecule has 2 aromatic rings. The molecular formula is C15H13Cl2N3O5. The van der Waals surface area contributed by atoms with Gasteiger partial charge in [-0.2, -0.15) is 9.97 Å². The van der Waals surface area contributed by atoms with Crippen LogP contribution in [0.5, 0.6) is 17.5 Å². The van der Waals surface area contributed by atoms with Crippen LogP contribution in [-0.2, 0) is 9.59 Å². The van der Waals surface area contributed by atoms with Gasteiger partial charge in [0.05, 0.1) is 21.9 Å². The van der Waals surface area contributed by atoms with Crippen molar-refractivity contribution in [3.8, 4) is 17.5 Å². The van der Waals surface area contributed by atoms with E-state index in [9.17, 15) is 14.7 Å². The number of benzene rings is 1. The van der Waals surface area contributed by atoms with Crippen LogP contribution in [0.2, 0.25) is 10.0 Å². The maximum atomic E-state index is 11.2. The highest BCUT2D eigenvalue weighted by molar-refractivity contribution is 6.39. The SMILES string of the molecule is CC(C)c1nc(Oc2c(Cl)cc(NC(=O)C(=O)O)cc2Cl)ncc1O. The lowest BCUT2D eigenvalue weighted by Gasteiger charge is -2.12. The lowest BCUT2D eigenvalue weighted by atomic mass is 10.1. The van der Waals surface area contributed by atoms with Gasteiger partial charge in [-0.25, -0.2) is 4.79 Å². The zero-order valence-electron chi connectivity index (χ0n) is 13.1. The Labute approximate surface area is 152 Å². The van der Waals surface area contributed by atoms with Crippen molar-refractivity contribution >= 4 is 40.8 Å². The van der Waals surface area contributed by atoms with E-state index in [0.29, 0.717) is 5.69 Å². The highest BCUT2D eigenvalue weighted by Gasteiger charge is 2.17. The van der Waals surface area contributed by atoms with E-state index in [0.717, 1.165) is 0 Å². The van der Waals surface area contributed by atoms with E-state index in [2.05, 4.69) is 15.3 Å². The molecule has 1 amide bonds. The quantitative estimate of drug-likeness (QED) is 0.688. The summed E-state index contributed by atoms with van der Waals surface area (Å²) in [4.78, 5) is 29.7. The van der Waals surface area contributed by atoms with Crippen LogP contribution in [-0.4, -0.2) is 32.1 Å². The Bertz CT molecular complexity index is 819. The Hall–Kier alpha value is -2.58. The van der Waals surface area contributed by atoms with Gasteiger partial charge in [0.1, 0.15) is 0 Å². The van der Waals surface area contributed by atoms with Crippen LogP contribution in [0, 0.1) is 0 Å². The molecule has 0 aliphatic carbocycles. The van der Waals surface area contributed by atoms with Crippen molar-refractivity contribution in [2.45, 2.75) is 19.8 Å². The van der Waals surface area contributed by atoms with Gasteiger partial charge in [-0.05, 0) is 18.1 Å². The van der Waals surface area contributed by atoms with E-state index in [-0.39, 0.29) is 39.2 Å². The fraction of sp³-hybridized carbons (Fsp3) is 0.200. The number of amides is 1. The lowest BCUT2D eigenvalue weighted by Crippen LogP contribution is -2.21. The molecule has 25 heavy (non-hydrogen) atoms. The molecule has 0 saturated carbocycles. The molecule has 1 aromatic heterocycles.